The summed E-state index contributed by atoms with van der Waals surface area (Å²) >= 11 is 0. The molecule has 0 aromatic rings. The van der Waals surface area contributed by atoms with Crippen LogP contribution in [0.15, 0.2) is 0 Å². The molecule has 1 aliphatic heterocycles. The van der Waals surface area contributed by atoms with E-state index >= 15 is 0 Å². The minimum atomic E-state index is -0.722. The molecule has 3 atom stereocenters. The zero-order valence-electron chi connectivity index (χ0n) is 8.56. The van der Waals surface area contributed by atoms with Gasteiger partial charge >= 0.3 is 5.97 Å². The van der Waals surface area contributed by atoms with E-state index < -0.39 is 12.0 Å². The standard InChI is InChI=1S/C9H17NO4/c1-6(12-2)8(10)9(11)14-7-3-4-13-5-7/h6-8H,3-5,10H2,1-2H3/t6?,7-,8?/m1/s1. The van der Waals surface area contributed by atoms with Crippen molar-refractivity contribution in [2.75, 3.05) is 20.3 Å². The summed E-state index contributed by atoms with van der Waals surface area (Å²) < 4.78 is 15.1. The van der Waals surface area contributed by atoms with Crippen LogP contribution in [0.1, 0.15) is 13.3 Å². The Labute approximate surface area is 83.5 Å². The lowest BCUT2D eigenvalue weighted by molar-refractivity contribution is -0.153. The Hall–Kier alpha value is -0.650. The van der Waals surface area contributed by atoms with Crippen LogP contribution in [0.3, 0.4) is 0 Å². The first kappa shape index (κ1) is 11.4. The van der Waals surface area contributed by atoms with Gasteiger partial charge in [-0.05, 0) is 6.92 Å². The molecule has 2 N–H and O–H groups in total. The zero-order valence-corrected chi connectivity index (χ0v) is 8.56. The van der Waals surface area contributed by atoms with Gasteiger partial charge in [0.05, 0.1) is 19.3 Å². The Morgan fingerprint density at radius 2 is 2.36 bits per heavy atom. The van der Waals surface area contributed by atoms with E-state index in [-0.39, 0.29) is 12.2 Å². The summed E-state index contributed by atoms with van der Waals surface area (Å²) in [4.78, 5) is 11.4. The van der Waals surface area contributed by atoms with Crippen LogP contribution in [0.5, 0.6) is 0 Å². The summed E-state index contributed by atoms with van der Waals surface area (Å²) in [5.74, 6) is -0.421. The van der Waals surface area contributed by atoms with Crippen LogP contribution in [0.2, 0.25) is 0 Å². The monoisotopic (exact) mass is 203 g/mol. The maximum Gasteiger partial charge on any atom is 0.325 e. The largest absolute Gasteiger partial charge is 0.459 e. The fourth-order valence-corrected chi connectivity index (χ4v) is 1.19. The van der Waals surface area contributed by atoms with Crippen molar-refractivity contribution in [2.24, 2.45) is 5.73 Å². The van der Waals surface area contributed by atoms with Gasteiger partial charge < -0.3 is 19.9 Å². The predicted octanol–water partition coefficient (Wildman–Crippen LogP) is -0.319. The molecule has 1 aliphatic rings. The molecule has 0 aromatic heterocycles. The number of esters is 1. The van der Waals surface area contributed by atoms with Crippen LogP contribution in [-0.4, -0.2) is 44.5 Å². The molecule has 14 heavy (non-hydrogen) atoms. The van der Waals surface area contributed by atoms with E-state index in [4.69, 9.17) is 19.9 Å². The summed E-state index contributed by atoms with van der Waals surface area (Å²) in [5.41, 5.74) is 5.61. The van der Waals surface area contributed by atoms with E-state index in [0.717, 1.165) is 6.42 Å². The Balaban J connectivity index is 2.32. The number of carbonyl (C=O) groups excluding carboxylic acids is 1. The lowest BCUT2D eigenvalue weighted by Gasteiger charge is -2.19. The highest BCUT2D eigenvalue weighted by Gasteiger charge is 2.26. The molecule has 5 heteroatoms. The molecule has 0 aliphatic carbocycles. The SMILES string of the molecule is COC(C)C(N)C(=O)O[C@@H]1CCOC1. The summed E-state index contributed by atoms with van der Waals surface area (Å²) in [6.45, 7) is 2.85. The Kier molecular flexibility index (Phi) is 4.31. The van der Waals surface area contributed by atoms with E-state index in [1.54, 1.807) is 6.92 Å². The van der Waals surface area contributed by atoms with E-state index in [1.165, 1.54) is 7.11 Å². The molecule has 2 unspecified atom stereocenters. The Morgan fingerprint density at radius 1 is 1.64 bits per heavy atom. The predicted molar refractivity (Wildman–Crippen MR) is 49.8 cm³/mol. The topological polar surface area (TPSA) is 70.8 Å². The van der Waals surface area contributed by atoms with Gasteiger partial charge in [-0.25, -0.2) is 0 Å². The van der Waals surface area contributed by atoms with Gasteiger partial charge in [0.2, 0.25) is 0 Å². The zero-order chi connectivity index (χ0) is 10.6. The molecule has 0 bridgehead atoms. The average molecular weight is 203 g/mol. The van der Waals surface area contributed by atoms with E-state index in [0.29, 0.717) is 13.2 Å². The first-order chi connectivity index (χ1) is 6.65. The van der Waals surface area contributed by atoms with Gasteiger partial charge in [0.1, 0.15) is 12.1 Å². The maximum atomic E-state index is 11.4. The molecule has 1 rings (SSSR count). The number of rotatable bonds is 4. The minimum absolute atomic E-state index is 0.141. The van der Waals surface area contributed by atoms with Crippen molar-refractivity contribution in [1.29, 1.82) is 0 Å². The molecular formula is C9H17NO4. The van der Waals surface area contributed by atoms with Gasteiger partial charge in [0, 0.05) is 13.5 Å². The van der Waals surface area contributed by atoms with Crippen molar-refractivity contribution in [3.05, 3.63) is 0 Å². The number of hydrogen-bond donors (Lipinski definition) is 1. The molecule has 1 fully saturated rings. The molecule has 0 radical (unpaired) electrons. The van der Waals surface area contributed by atoms with Crippen molar-refractivity contribution in [3.8, 4) is 0 Å². The third kappa shape index (κ3) is 2.94. The lowest BCUT2D eigenvalue weighted by atomic mass is 10.2. The van der Waals surface area contributed by atoms with Crippen molar-refractivity contribution in [3.63, 3.8) is 0 Å². The molecule has 1 saturated heterocycles. The summed E-state index contributed by atoms with van der Waals surface area (Å²) in [6, 6.07) is -0.722. The van der Waals surface area contributed by atoms with Crippen LogP contribution in [0, 0.1) is 0 Å². The molecule has 0 saturated carbocycles. The van der Waals surface area contributed by atoms with Crippen molar-refractivity contribution in [1.82, 2.24) is 0 Å². The molecule has 1 heterocycles. The number of carbonyl (C=O) groups is 1. The Bertz CT molecular complexity index is 191. The van der Waals surface area contributed by atoms with E-state index in [1.807, 2.05) is 0 Å². The number of nitrogens with two attached hydrogens (primary N) is 1. The number of methoxy groups -OCH3 is 1. The molecule has 0 amide bonds. The third-order valence-electron chi connectivity index (χ3n) is 2.32. The second kappa shape index (κ2) is 5.29. The number of hydrogen-bond acceptors (Lipinski definition) is 5. The van der Waals surface area contributed by atoms with Crippen LogP contribution >= 0.6 is 0 Å². The summed E-state index contributed by atoms with van der Waals surface area (Å²) in [5, 5.41) is 0. The van der Waals surface area contributed by atoms with Gasteiger partial charge in [0.25, 0.3) is 0 Å². The smallest absolute Gasteiger partial charge is 0.325 e. The second-order valence-electron chi connectivity index (χ2n) is 3.39. The van der Waals surface area contributed by atoms with Gasteiger partial charge in [-0.15, -0.1) is 0 Å². The average Bonchev–Trinajstić information content (AvgIpc) is 2.68. The maximum absolute atomic E-state index is 11.4. The molecular weight excluding hydrogens is 186 g/mol. The first-order valence-electron chi connectivity index (χ1n) is 4.71. The van der Waals surface area contributed by atoms with Crippen LogP contribution in [0.25, 0.3) is 0 Å². The first-order valence-corrected chi connectivity index (χ1v) is 4.71. The number of ether oxygens (including phenoxy) is 3. The third-order valence-corrected chi connectivity index (χ3v) is 2.32. The Morgan fingerprint density at radius 3 is 2.86 bits per heavy atom. The van der Waals surface area contributed by atoms with Gasteiger partial charge in [-0.1, -0.05) is 0 Å². The quantitative estimate of drug-likeness (QED) is 0.634. The fourth-order valence-electron chi connectivity index (χ4n) is 1.19. The van der Waals surface area contributed by atoms with Gasteiger partial charge in [0.15, 0.2) is 0 Å². The summed E-state index contributed by atoms with van der Waals surface area (Å²) in [6.07, 6.45) is 0.280. The van der Waals surface area contributed by atoms with Crippen LogP contribution < -0.4 is 5.73 Å². The van der Waals surface area contributed by atoms with E-state index in [9.17, 15) is 4.79 Å². The highest BCUT2D eigenvalue weighted by Crippen LogP contribution is 2.09. The molecule has 5 nitrogen and oxygen atoms in total. The van der Waals surface area contributed by atoms with Gasteiger partial charge in [-0.2, -0.15) is 0 Å². The lowest BCUT2D eigenvalue weighted by Crippen LogP contribution is -2.43. The van der Waals surface area contributed by atoms with Crippen LogP contribution in [0.4, 0.5) is 0 Å². The second-order valence-corrected chi connectivity index (χ2v) is 3.39. The van der Waals surface area contributed by atoms with Gasteiger partial charge in [-0.3, -0.25) is 4.79 Å². The van der Waals surface area contributed by atoms with Crippen molar-refractivity contribution < 1.29 is 19.0 Å². The minimum Gasteiger partial charge on any atom is -0.459 e. The van der Waals surface area contributed by atoms with Crippen LogP contribution in [-0.2, 0) is 19.0 Å². The highest BCUT2D eigenvalue weighted by atomic mass is 16.6. The molecule has 0 spiro atoms. The molecule has 0 aromatic carbocycles. The normalized spacial score (nSPS) is 25.8. The highest BCUT2D eigenvalue weighted by molar-refractivity contribution is 5.76. The molecule has 82 valence electrons. The van der Waals surface area contributed by atoms with Crippen molar-refractivity contribution in [2.45, 2.75) is 31.6 Å². The van der Waals surface area contributed by atoms with Crippen molar-refractivity contribution >= 4 is 5.97 Å². The van der Waals surface area contributed by atoms with E-state index in [2.05, 4.69) is 0 Å². The summed E-state index contributed by atoms with van der Waals surface area (Å²) in [7, 11) is 1.51. The fraction of sp³-hybridized carbons (Fsp3) is 0.889.